The minimum atomic E-state index is -0.213. The van der Waals surface area contributed by atoms with Crippen molar-refractivity contribution in [3.05, 3.63) is 40.9 Å². The molecule has 0 fully saturated rings. The second-order valence-corrected chi connectivity index (χ2v) is 8.31. The number of methoxy groups -OCH3 is 2. The molecule has 0 unspecified atom stereocenters. The Hall–Kier alpha value is -2.84. The summed E-state index contributed by atoms with van der Waals surface area (Å²) in [6.07, 6.45) is 0.162. The predicted octanol–water partition coefficient (Wildman–Crippen LogP) is 4.74. The molecule has 1 aromatic heterocycles. The summed E-state index contributed by atoms with van der Waals surface area (Å²) in [6.45, 7) is 3.65. The maximum Gasteiger partial charge on any atom is 0.228 e. The Morgan fingerprint density at radius 1 is 1.10 bits per heavy atom. The molecule has 1 heterocycles. The molecule has 0 aliphatic rings. The van der Waals surface area contributed by atoms with Crippen molar-refractivity contribution in [2.75, 3.05) is 24.9 Å². The van der Waals surface area contributed by atoms with Crippen LogP contribution in [0, 0.1) is 5.92 Å². The van der Waals surface area contributed by atoms with Gasteiger partial charge in [-0.3, -0.25) is 9.59 Å². The molecule has 30 heavy (non-hydrogen) atoms. The van der Waals surface area contributed by atoms with E-state index in [1.165, 1.54) is 25.6 Å². The molecule has 2 aromatic carbocycles. The molecule has 0 radical (unpaired) electrons. The van der Waals surface area contributed by atoms with Gasteiger partial charge in [-0.05, 0) is 17.7 Å². The molecule has 0 saturated heterocycles. The molecule has 2 amide bonds. The largest absolute Gasteiger partial charge is 0.495 e. The van der Waals surface area contributed by atoms with Gasteiger partial charge in [0.25, 0.3) is 0 Å². The number of fused-ring (bicyclic) bond motifs is 1. The molecule has 0 atom stereocenters. The van der Waals surface area contributed by atoms with Gasteiger partial charge < -0.3 is 20.1 Å². The Morgan fingerprint density at radius 2 is 1.83 bits per heavy atom. The first-order chi connectivity index (χ1) is 14.3. The van der Waals surface area contributed by atoms with E-state index in [0.29, 0.717) is 27.3 Å². The molecule has 0 aliphatic carbocycles. The summed E-state index contributed by atoms with van der Waals surface area (Å²) in [5.41, 5.74) is 2.07. The van der Waals surface area contributed by atoms with Crippen LogP contribution in [0.3, 0.4) is 0 Å². The van der Waals surface area contributed by atoms with Crippen LogP contribution in [0.4, 0.5) is 10.8 Å². The van der Waals surface area contributed by atoms with Gasteiger partial charge in [0.2, 0.25) is 11.8 Å². The quantitative estimate of drug-likeness (QED) is 0.545. The number of benzene rings is 2. The first-order valence-electron chi connectivity index (χ1n) is 9.22. The summed E-state index contributed by atoms with van der Waals surface area (Å²) in [5, 5.41) is 6.57. The number of amides is 2. The number of halogens is 1. The SMILES string of the molecule is COc1cc(NC(=O)Cc2ccc3nc(NC(=O)C(C)C)sc3c2)c(OC)cc1Cl. The molecule has 0 spiro atoms. The average Bonchev–Trinajstić information content (AvgIpc) is 3.10. The van der Waals surface area contributed by atoms with Gasteiger partial charge >= 0.3 is 0 Å². The number of nitrogens with zero attached hydrogens (tertiary/aromatic N) is 1. The van der Waals surface area contributed by atoms with Gasteiger partial charge in [-0.1, -0.05) is 42.9 Å². The zero-order chi connectivity index (χ0) is 21.8. The molecule has 3 rings (SSSR count). The molecule has 7 nitrogen and oxygen atoms in total. The lowest BCUT2D eigenvalue weighted by Crippen LogP contribution is -2.17. The Morgan fingerprint density at radius 3 is 2.50 bits per heavy atom. The van der Waals surface area contributed by atoms with E-state index in [1.807, 2.05) is 32.0 Å². The van der Waals surface area contributed by atoms with Crippen molar-refractivity contribution in [2.45, 2.75) is 20.3 Å². The molecule has 0 bridgehead atoms. The topological polar surface area (TPSA) is 89.5 Å². The maximum atomic E-state index is 12.6. The van der Waals surface area contributed by atoms with Crippen molar-refractivity contribution in [1.29, 1.82) is 0 Å². The van der Waals surface area contributed by atoms with Gasteiger partial charge in [0.1, 0.15) is 11.5 Å². The summed E-state index contributed by atoms with van der Waals surface area (Å²) in [6, 6.07) is 8.79. The Labute approximate surface area is 183 Å². The first-order valence-corrected chi connectivity index (χ1v) is 10.4. The first kappa shape index (κ1) is 21.9. The van der Waals surface area contributed by atoms with E-state index >= 15 is 0 Å². The molecule has 158 valence electrons. The number of carbonyl (C=O) groups is 2. The van der Waals surface area contributed by atoms with Crippen LogP contribution in [-0.2, 0) is 16.0 Å². The number of nitrogens with one attached hydrogen (secondary N) is 2. The monoisotopic (exact) mass is 447 g/mol. The molecular weight excluding hydrogens is 426 g/mol. The summed E-state index contributed by atoms with van der Waals surface area (Å²) < 4.78 is 11.4. The van der Waals surface area contributed by atoms with Crippen LogP contribution in [-0.4, -0.2) is 31.0 Å². The molecular formula is C21H22ClN3O4S. The van der Waals surface area contributed by atoms with Crippen molar-refractivity contribution >= 4 is 55.8 Å². The third-order valence-corrected chi connectivity index (χ3v) is 5.55. The fourth-order valence-electron chi connectivity index (χ4n) is 2.72. The lowest BCUT2D eigenvalue weighted by Gasteiger charge is -2.13. The zero-order valence-electron chi connectivity index (χ0n) is 17.0. The van der Waals surface area contributed by atoms with Crippen molar-refractivity contribution in [3.63, 3.8) is 0 Å². The van der Waals surface area contributed by atoms with Gasteiger partial charge in [0.05, 0.1) is 41.6 Å². The predicted molar refractivity (Wildman–Crippen MR) is 120 cm³/mol. The van der Waals surface area contributed by atoms with Crippen molar-refractivity contribution in [1.82, 2.24) is 4.98 Å². The van der Waals surface area contributed by atoms with Crippen LogP contribution in [0.25, 0.3) is 10.2 Å². The lowest BCUT2D eigenvalue weighted by molar-refractivity contribution is -0.119. The summed E-state index contributed by atoms with van der Waals surface area (Å²) in [4.78, 5) is 28.9. The van der Waals surface area contributed by atoms with Gasteiger partial charge in [-0.15, -0.1) is 0 Å². The highest BCUT2D eigenvalue weighted by atomic mass is 35.5. The van der Waals surface area contributed by atoms with Gasteiger partial charge in [0.15, 0.2) is 5.13 Å². The Kier molecular flexibility index (Phi) is 6.79. The summed E-state index contributed by atoms with van der Waals surface area (Å²) in [7, 11) is 3.00. The lowest BCUT2D eigenvalue weighted by atomic mass is 10.1. The number of anilines is 2. The van der Waals surface area contributed by atoms with Gasteiger partial charge in [0, 0.05) is 18.1 Å². The van der Waals surface area contributed by atoms with E-state index in [1.54, 1.807) is 12.1 Å². The number of rotatable bonds is 7. The molecule has 0 saturated carbocycles. The standard InChI is InChI=1S/C21H22ClN3O4S/c1-11(2)20(27)25-21-24-14-6-5-12(7-18(14)30-21)8-19(26)23-15-10-16(28-3)13(22)9-17(15)29-4/h5-7,9-11H,8H2,1-4H3,(H,23,26)(H,24,25,27). The van der Waals surface area contributed by atoms with Crippen LogP contribution in [0.15, 0.2) is 30.3 Å². The highest BCUT2D eigenvalue weighted by molar-refractivity contribution is 7.22. The Bertz CT molecular complexity index is 1100. The molecule has 3 aromatic rings. The molecule has 9 heteroatoms. The van der Waals surface area contributed by atoms with Crippen molar-refractivity contribution < 1.29 is 19.1 Å². The number of ether oxygens (including phenoxy) is 2. The van der Waals surface area contributed by atoms with E-state index in [9.17, 15) is 9.59 Å². The van der Waals surface area contributed by atoms with E-state index < -0.39 is 0 Å². The number of hydrogen-bond donors (Lipinski definition) is 2. The fourth-order valence-corrected chi connectivity index (χ4v) is 3.88. The van der Waals surface area contributed by atoms with Crippen LogP contribution >= 0.6 is 22.9 Å². The van der Waals surface area contributed by atoms with E-state index in [2.05, 4.69) is 15.6 Å². The zero-order valence-corrected chi connectivity index (χ0v) is 18.6. The van der Waals surface area contributed by atoms with Crippen LogP contribution < -0.4 is 20.1 Å². The number of carbonyl (C=O) groups excluding carboxylic acids is 2. The van der Waals surface area contributed by atoms with Crippen molar-refractivity contribution in [2.24, 2.45) is 5.92 Å². The number of thiazole rings is 1. The third kappa shape index (κ3) is 5.01. The minimum Gasteiger partial charge on any atom is -0.495 e. The van der Waals surface area contributed by atoms with E-state index in [0.717, 1.165) is 15.8 Å². The van der Waals surface area contributed by atoms with Crippen LogP contribution in [0.2, 0.25) is 5.02 Å². The normalized spacial score (nSPS) is 10.9. The Balaban J connectivity index is 1.74. The van der Waals surface area contributed by atoms with Crippen LogP contribution in [0.1, 0.15) is 19.4 Å². The third-order valence-electron chi connectivity index (χ3n) is 4.32. The summed E-state index contributed by atoms with van der Waals surface area (Å²) >= 11 is 7.48. The smallest absolute Gasteiger partial charge is 0.228 e. The van der Waals surface area contributed by atoms with Gasteiger partial charge in [-0.25, -0.2) is 4.98 Å². The van der Waals surface area contributed by atoms with Gasteiger partial charge in [-0.2, -0.15) is 0 Å². The fraction of sp³-hybridized carbons (Fsp3) is 0.286. The minimum absolute atomic E-state index is 0.0824. The van der Waals surface area contributed by atoms with E-state index in [4.69, 9.17) is 21.1 Å². The molecule has 0 aliphatic heterocycles. The van der Waals surface area contributed by atoms with Crippen LogP contribution in [0.5, 0.6) is 11.5 Å². The second-order valence-electron chi connectivity index (χ2n) is 6.88. The van der Waals surface area contributed by atoms with E-state index in [-0.39, 0.29) is 24.2 Å². The maximum absolute atomic E-state index is 12.6. The van der Waals surface area contributed by atoms with Crippen molar-refractivity contribution in [3.8, 4) is 11.5 Å². The summed E-state index contributed by atoms with van der Waals surface area (Å²) in [5.74, 6) is 0.461. The number of hydrogen-bond acceptors (Lipinski definition) is 6. The number of aromatic nitrogens is 1. The second kappa shape index (κ2) is 9.32. The average molecular weight is 448 g/mol. The highest BCUT2D eigenvalue weighted by Gasteiger charge is 2.14. The molecule has 2 N–H and O–H groups in total. The highest BCUT2D eigenvalue weighted by Crippen LogP contribution is 2.36.